The van der Waals surface area contributed by atoms with E-state index in [0.717, 1.165) is 6.54 Å². The Hall–Kier alpha value is -0.570. The van der Waals surface area contributed by atoms with E-state index in [1.807, 2.05) is 0 Å². The van der Waals surface area contributed by atoms with Crippen LogP contribution in [0.1, 0.15) is 46.0 Å². The smallest absolute Gasteiger partial charge is 0.306 e. The van der Waals surface area contributed by atoms with Gasteiger partial charge < -0.3 is 10.1 Å². The summed E-state index contributed by atoms with van der Waals surface area (Å²) in [6.07, 6.45) is 5.48. The molecule has 1 atom stereocenters. The Balaban J connectivity index is 3.26. The molecule has 0 saturated heterocycles. The SMILES string of the molecule is CCCCC[C@H](C)NCCC(=O)OC. The molecule has 0 amide bonds. The van der Waals surface area contributed by atoms with Gasteiger partial charge in [0.15, 0.2) is 0 Å². The van der Waals surface area contributed by atoms with Crippen LogP contribution in [-0.2, 0) is 9.53 Å². The van der Waals surface area contributed by atoms with Crippen molar-refractivity contribution in [1.82, 2.24) is 5.32 Å². The molecule has 0 unspecified atom stereocenters. The summed E-state index contributed by atoms with van der Waals surface area (Å²) in [4.78, 5) is 10.8. The molecule has 0 spiro atoms. The number of esters is 1. The van der Waals surface area contributed by atoms with Gasteiger partial charge in [-0.2, -0.15) is 0 Å². The van der Waals surface area contributed by atoms with Crippen molar-refractivity contribution in [3.8, 4) is 0 Å². The van der Waals surface area contributed by atoms with Crippen molar-refractivity contribution in [2.24, 2.45) is 0 Å². The van der Waals surface area contributed by atoms with Gasteiger partial charge in [-0.05, 0) is 13.3 Å². The molecule has 0 bridgehead atoms. The third-order valence-electron chi connectivity index (χ3n) is 2.29. The highest BCUT2D eigenvalue weighted by Gasteiger charge is 2.03. The van der Waals surface area contributed by atoms with Gasteiger partial charge in [-0.3, -0.25) is 4.79 Å². The quantitative estimate of drug-likeness (QED) is 0.483. The molecular formula is C11H23NO2. The number of ether oxygens (including phenoxy) is 1. The van der Waals surface area contributed by atoms with Gasteiger partial charge in [0.1, 0.15) is 0 Å². The van der Waals surface area contributed by atoms with Crippen molar-refractivity contribution >= 4 is 5.97 Å². The summed E-state index contributed by atoms with van der Waals surface area (Å²) in [5, 5.41) is 3.31. The molecule has 0 aliphatic carbocycles. The van der Waals surface area contributed by atoms with Crippen LogP contribution in [0.15, 0.2) is 0 Å². The number of unbranched alkanes of at least 4 members (excludes halogenated alkanes) is 2. The first-order valence-corrected chi connectivity index (χ1v) is 5.50. The average molecular weight is 201 g/mol. The molecule has 0 heterocycles. The van der Waals surface area contributed by atoms with Gasteiger partial charge in [-0.15, -0.1) is 0 Å². The normalized spacial score (nSPS) is 12.5. The van der Waals surface area contributed by atoms with E-state index in [-0.39, 0.29) is 5.97 Å². The summed E-state index contributed by atoms with van der Waals surface area (Å²) in [6.45, 7) is 5.09. The maximum atomic E-state index is 10.8. The molecule has 0 aromatic rings. The Kier molecular flexibility index (Phi) is 8.64. The van der Waals surface area contributed by atoms with Crippen molar-refractivity contribution in [2.75, 3.05) is 13.7 Å². The number of hydrogen-bond donors (Lipinski definition) is 1. The Morgan fingerprint density at radius 2 is 2.14 bits per heavy atom. The zero-order chi connectivity index (χ0) is 10.8. The van der Waals surface area contributed by atoms with Gasteiger partial charge in [0.2, 0.25) is 0 Å². The Morgan fingerprint density at radius 3 is 2.71 bits per heavy atom. The average Bonchev–Trinajstić information content (AvgIpc) is 2.18. The van der Waals surface area contributed by atoms with E-state index in [1.54, 1.807) is 0 Å². The second kappa shape index (κ2) is 9.00. The minimum Gasteiger partial charge on any atom is -0.469 e. The van der Waals surface area contributed by atoms with Crippen LogP contribution in [0.4, 0.5) is 0 Å². The second-order valence-electron chi connectivity index (χ2n) is 3.68. The van der Waals surface area contributed by atoms with Gasteiger partial charge in [0.05, 0.1) is 13.5 Å². The van der Waals surface area contributed by atoms with Crippen molar-refractivity contribution < 1.29 is 9.53 Å². The number of carbonyl (C=O) groups is 1. The fourth-order valence-corrected chi connectivity index (χ4v) is 1.33. The lowest BCUT2D eigenvalue weighted by Gasteiger charge is -2.12. The van der Waals surface area contributed by atoms with Gasteiger partial charge in [0.25, 0.3) is 0 Å². The van der Waals surface area contributed by atoms with Crippen molar-refractivity contribution in [3.05, 3.63) is 0 Å². The molecule has 0 aromatic heterocycles. The Morgan fingerprint density at radius 1 is 1.43 bits per heavy atom. The van der Waals surface area contributed by atoms with Crippen LogP contribution in [0.2, 0.25) is 0 Å². The molecule has 0 aliphatic rings. The van der Waals surface area contributed by atoms with Gasteiger partial charge in [-0.25, -0.2) is 0 Å². The largest absolute Gasteiger partial charge is 0.469 e. The first-order valence-electron chi connectivity index (χ1n) is 5.50. The predicted molar refractivity (Wildman–Crippen MR) is 58.2 cm³/mol. The molecule has 0 radical (unpaired) electrons. The van der Waals surface area contributed by atoms with Crippen molar-refractivity contribution in [3.63, 3.8) is 0 Å². The van der Waals surface area contributed by atoms with Crippen molar-refractivity contribution in [2.45, 2.75) is 52.0 Å². The molecule has 0 rings (SSSR count). The lowest BCUT2D eigenvalue weighted by Crippen LogP contribution is -2.28. The minimum absolute atomic E-state index is 0.141. The monoisotopic (exact) mass is 201 g/mol. The third-order valence-corrected chi connectivity index (χ3v) is 2.29. The van der Waals surface area contributed by atoms with E-state index < -0.39 is 0 Å². The number of rotatable bonds is 8. The topological polar surface area (TPSA) is 38.3 Å². The molecule has 84 valence electrons. The van der Waals surface area contributed by atoms with Crippen LogP contribution in [0.3, 0.4) is 0 Å². The molecular weight excluding hydrogens is 178 g/mol. The van der Waals surface area contributed by atoms with Crippen LogP contribution in [0, 0.1) is 0 Å². The number of nitrogens with one attached hydrogen (secondary N) is 1. The summed E-state index contributed by atoms with van der Waals surface area (Å²) >= 11 is 0. The summed E-state index contributed by atoms with van der Waals surface area (Å²) in [7, 11) is 1.42. The molecule has 0 saturated carbocycles. The summed E-state index contributed by atoms with van der Waals surface area (Å²) < 4.78 is 4.55. The third kappa shape index (κ3) is 8.05. The molecule has 14 heavy (non-hydrogen) atoms. The van der Waals surface area contributed by atoms with Crippen LogP contribution in [0.25, 0.3) is 0 Å². The van der Waals surface area contributed by atoms with E-state index in [9.17, 15) is 4.79 Å². The molecule has 3 heteroatoms. The fourth-order valence-electron chi connectivity index (χ4n) is 1.33. The fraction of sp³-hybridized carbons (Fsp3) is 0.909. The maximum Gasteiger partial charge on any atom is 0.306 e. The highest BCUT2D eigenvalue weighted by atomic mass is 16.5. The lowest BCUT2D eigenvalue weighted by atomic mass is 10.1. The van der Waals surface area contributed by atoms with E-state index in [1.165, 1.54) is 32.8 Å². The molecule has 0 aliphatic heterocycles. The number of carbonyl (C=O) groups excluding carboxylic acids is 1. The zero-order valence-corrected chi connectivity index (χ0v) is 9.64. The van der Waals surface area contributed by atoms with Crippen LogP contribution in [0.5, 0.6) is 0 Å². The van der Waals surface area contributed by atoms with E-state index >= 15 is 0 Å². The number of methoxy groups -OCH3 is 1. The maximum absolute atomic E-state index is 10.8. The highest BCUT2D eigenvalue weighted by Crippen LogP contribution is 2.02. The van der Waals surface area contributed by atoms with Gasteiger partial charge in [-0.1, -0.05) is 26.2 Å². The molecule has 3 nitrogen and oxygen atoms in total. The van der Waals surface area contributed by atoms with Crippen LogP contribution in [-0.4, -0.2) is 25.7 Å². The lowest BCUT2D eigenvalue weighted by molar-refractivity contribution is -0.140. The predicted octanol–water partition coefficient (Wildman–Crippen LogP) is 2.11. The standard InChI is InChI=1S/C11H23NO2/c1-4-5-6-7-10(2)12-9-8-11(13)14-3/h10,12H,4-9H2,1-3H3/t10-/m0/s1. The summed E-state index contributed by atoms with van der Waals surface area (Å²) in [5.74, 6) is -0.141. The molecule has 0 fully saturated rings. The zero-order valence-electron chi connectivity index (χ0n) is 9.64. The molecule has 0 aromatic carbocycles. The first kappa shape index (κ1) is 13.4. The minimum atomic E-state index is -0.141. The van der Waals surface area contributed by atoms with Gasteiger partial charge in [0, 0.05) is 12.6 Å². The summed E-state index contributed by atoms with van der Waals surface area (Å²) in [6, 6.07) is 0.506. The summed E-state index contributed by atoms with van der Waals surface area (Å²) in [5.41, 5.74) is 0. The van der Waals surface area contributed by atoms with Gasteiger partial charge >= 0.3 is 5.97 Å². The van der Waals surface area contributed by atoms with E-state index in [2.05, 4.69) is 23.9 Å². The highest BCUT2D eigenvalue weighted by molar-refractivity contribution is 5.69. The Labute approximate surface area is 87.2 Å². The number of hydrogen-bond acceptors (Lipinski definition) is 3. The van der Waals surface area contributed by atoms with Crippen molar-refractivity contribution in [1.29, 1.82) is 0 Å². The first-order chi connectivity index (χ1) is 6.70. The molecule has 1 N–H and O–H groups in total. The van der Waals surface area contributed by atoms with E-state index in [0.29, 0.717) is 12.5 Å². The van der Waals surface area contributed by atoms with Crippen LogP contribution >= 0.6 is 0 Å². The Bertz CT molecular complexity index is 148. The van der Waals surface area contributed by atoms with E-state index in [4.69, 9.17) is 0 Å². The second-order valence-corrected chi connectivity index (χ2v) is 3.68. The van der Waals surface area contributed by atoms with Crippen LogP contribution < -0.4 is 5.32 Å².